The summed E-state index contributed by atoms with van der Waals surface area (Å²) in [6.45, 7) is 3.45. The summed E-state index contributed by atoms with van der Waals surface area (Å²) >= 11 is 0. The summed E-state index contributed by atoms with van der Waals surface area (Å²) in [6.07, 6.45) is 61.0. The fourth-order valence-corrected chi connectivity index (χ4v) is 11.4. The number of carbonyl (C=O) groups excluding carboxylic acids is 1. The van der Waals surface area contributed by atoms with Gasteiger partial charge in [0.05, 0.1) is 25.4 Å². The maximum Gasteiger partial charge on any atom is 0.397 e. The lowest BCUT2D eigenvalue weighted by Gasteiger charge is -2.41. The second-order valence-electron chi connectivity index (χ2n) is 23.4. The Bertz CT molecular complexity index is 1470. The lowest BCUT2D eigenvalue weighted by molar-refractivity contribution is -0.298. The summed E-state index contributed by atoms with van der Waals surface area (Å²) in [5.41, 5.74) is 0. The van der Waals surface area contributed by atoms with Crippen molar-refractivity contribution in [3.63, 3.8) is 0 Å². The zero-order valence-electron chi connectivity index (χ0n) is 50.5. The number of nitrogens with one attached hydrogen (secondary N) is 1. The van der Waals surface area contributed by atoms with E-state index in [1.54, 1.807) is 6.08 Å². The van der Waals surface area contributed by atoms with Gasteiger partial charge < -0.3 is 35.2 Å². The van der Waals surface area contributed by atoms with Crippen molar-refractivity contribution in [1.82, 2.24) is 5.32 Å². The van der Waals surface area contributed by atoms with Crippen molar-refractivity contribution in [3.05, 3.63) is 24.3 Å². The van der Waals surface area contributed by atoms with E-state index in [2.05, 4.69) is 35.5 Å². The second kappa shape index (κ2) is 54.8. The van der Waals surface area contributed by atoms with Gasteiger partial charge in [0.2, 0.25) is 5.91 Å². The van der Waals surface area contributed by atoms with Crippen LogP contribution in [-0.4, -0.2) is 95.4 Å². The number of allylic oxidation sites excluding steroid dienone is 3. The Hall–Kier alpha value is -1.42. The molecule has 1 aliphatic heterocycles. The molecule has 78 heavy (non-hydrogen) atoms. The Morgan fingerprint density at radius 3 is 1.15 bits per heavy atom. The van der Waals surface area contributed by atoms with Crippen molar-refractivity contribution in [1.29, 1.82) is 0 Å². The summed E-state index contributed by atoms with van der Waals surface area (Å²) < 4.78 is 48.0. The van der Waals surface area contributed by atoms with Crippen LogP contribution in [0.2, 0.25) is 0 Å². The number of unbranched alkanes of at least 4 members (excludes halogenated alkanes) is 45. The first-order valence-electron chi connectivity index (χ1n) is 33.2. The highest BCUT2D eigenvalue weighted by Crippen LogP contribution is 2.26. The molecule has 0 bridgehead atoms. The summed E-state index contributed by atoms with van der Waals surface area (Å²) in [5.74, 6) is -0.256. The van der Waals surface area contributed by atoms with Crippen LogP contribution in [-0.2, 0) is 28.9 Å². The Morgan fingerprint density at radius 2 is 0.821 bits per heavy atom. The molecular formula is C65H125NO11S. The minimum absolute atomic E-state index is 0.256. The standard InChI is InChI=1S/C65H125NO11S/c1-3-5-7-9-11-13-15-17-19-21-23-24-25-26-27-28-29-30-31-32-33-34-35-37-39-41-43-45-47-49-51-53-55-61(69)66-58(57-75-65-63(71)64(77-78(72,73)74)62(70)60(56-67)76-65)59(68)54-52-50-48-46-44-42-40-38-36-22-20-18-16-14-12-10-8-6-4-2/h26-27,52,54,58-60,62-65,67-68,70-71H,3-25,28-51,53,55-57H2,1-2H3,(H,66,69)(H,72,73,74)/b27-26-,54-52+. The molecule has 1 heterocycles. The largest absolute Gasteiger partial charge is 0.397 e. The van der Waals surface area contributed by atoms with Crippen LogP contribution in [0.25, 0.3) is 0 Å². The van der Waals surface area contributed by atoms with Gasteiger partial charge in [-0.25, -0.2) is 4.18 Å². The van der Waals surface area contributed by atoms with E-state index in [0.717, 1.165) is 38.5 Å². The van der Waals surface area contributed by atoms with Crippen molar-refractivity contribution in [3.8, 4) is 0 Å². The number of amides is 1. The van der Waals surface area contributed by atoms with Crippen LogP contribution in [0.4, 0.5) is 0 Å². The van der Waals surface area contributed by atoms with E-state index >= 15 is 0 Å². The molecule has 12 nitrogen and oxygen atoms in total. The molecule has 0 radical (unpaired) electrons. The van der Waals surface area contributed by atoms with Gasteiger partial charge in [0.1, 0.15) is 24.4 Å². The van der Waals surface area contributed by atoms with Gasteiger partial charge in [0.25, 0.3) is 0 Å². The van der Waals surface area contributed by atoms with Gasteiger partial charge in [-0.1, -0.05) is 301 Å². The maximum atomic E-state index is 13.2. The molecule has 1 amide bonds. The number of carbonyl (C=O) groups is 1. The predicted octanol–water partition coefficient (Wildman–Crippen LogP) is 16.7. The van der Waals surface area contributed by atoms with Crippen LogP contribution in [0, 0.1) is 0 Å². The van der Waals surface area contributed by atoms with Crippen LogP contribution < -0.4 is 5.32 Å². The Labute approximate surface area is 480 Å². The Balaban J connectivity index is 2.25. The van der Waals surface area contributed by atoms with Crippen LogP contribution in [0.3, 0.4) is 0 Å². The summed E-state index contributed by atoms with van der Waals surface area (Å²) in [6, 6.07) is -0.943. The van der Waals surface area contributed by atoms with E-state index in [0.29, 0.717) is 6.42 Å². The normalized spacial score (nSPS) is 18.9. The molecule has 0 aromatic heterocycles. The van der Waals surface area contributed by atoms with Crippen LogP contribution in [0.1, 0.15) is 328 Å². The fraction of sp³-hybridized carbons (Fsp3) is 0.923. The first kappa shape index (κ1) is 74.6. The summed E-state index contributed by atoms with van der Waals surface area (Å²) in [5, 5.41) is 45.1. The van der Waals surface area contributed by atoms with Gasteiger partial charge in [-0.3, -0.25) is 9.35 Å². The highest BCUT2D eigenvalue weighted by atomic mass is 32.3. The zero-order valence-corrected chi connectivity index (χ0v) is 51.3. The van der Waals surface area contributed by atoms with Crippen molar-refractivity contribution in [2.24, 2.45) is 0 Å². The number of rotatable bonds is 59. The predicted molar refractivity (Wildman–Crippen MR) is 324 cm³/mol. The van der Waals surface area contributed by atoms with E-state index in [-0.39, 0.29) is 18.9 Å². The molecule has 0 saturated carbocycles. The maximum absolute atomic E-state index is 13.2. The van der Waals surface area contributed by atoms with Crippen LogP contribution in [0.15, 0.2) is 24.3 Å². The van der Waals surface area contributed by atoms with Crippen molar-refractivity contribution < 1.29 is 51.8 Å². The molecular weight excluding hydrogens is 1000 g/mol. The zero-order chi connectivity index (χ0) is 56.8. The highest BCUT2D eigenvalue weighted by molar-refractivity contribution is 7.80. The number of ether oxygens (including phenoxy) is 2. The van der Waals surface area contributed by atoms with Gasteiger partial charge in [0, 0.05) is 6.42 Å². The third-order valence-electron chi connectivity index (χ3n) is 16.0. The van der Waals surface area contributed by atoms with E-state index in [4.69, 9.17) is 9.47 Å². The van der Waals surface area contributed by atoms with E-state index in [1.165, 1.54) is 263 Å². The third-order valence-corrected chi connectivity index (χ3v) is 16.4. The molecule has 7 unspecified atom stereocenters. The van der Waals surface area contributed by atoms with Crippen LogP contribution >= 0.6 is 0 Å². The van der Waals surface area contributed by atoms with E-state index < -0.39 is 59.9 Å². The van der Waals surface area contributed by atoms with Gasteiger partial charge in [-0.15, -0.1) is 0 Å². The molecule has 1 aliphatic rings. The molecule has 462 valence electrons. The average molecular weight is 1130 g/mol. The molecule has 0 aromatic carbocycles. The molecule has 1 fully saturated rings. The third kappa shape index (κ3) is 46.1. The minimum Gasteiger partial charge on any atom is -0.394 e. The number of hydrogen-bond donors (Lipinski definition) is 6. The highest BCUT2D eigenvalue weighted by Gasteiger charge is 2.48. The number of aliphatic hydroxyl groups excluding tert-OH is 4. The lowest BCUT2D eigenvalue weighted by Crippen LogP contribution is -2.61. The first-order valence-corrected chi connectivity index (χ1v) is 34.6. The molecule has 7 atom stereocenters. The topological polar surface area (TPSA) is 192 Å². The lowest BCUT2D eigenvalue weighted by atomic mass is 9.99. The quantitative estimate of drug-likeness (QED) is 0.0193. The second-order valence-corrected chi connectivity index (χ2v) is 24.5. The van der Waals surface area contributed by atoms with Gasteiger partial charge in [-0.2, -0.15) is 8.42 Å². The monoisotopic (exact) mass is 1130 g/mol. The van der Waals surface area contributed by atoms with Gasteiger partial charge >= 0.3 is 10.4 Å². The van der Waals surface area contributed by atoms with Gasteiger partial charge in [0.15, 0.2) is 6.29 Å². The Kier molecular flexibility index (Phi) is 52.4. The van der Waals surface area contributed by atoms with Crippen molar-refractivity contribution >= 4 is 16.3 Å². The molecule has 1 saturated heterocycles. The molecule has 0 aromatic rings. The molecule has 13 heteroatoms. The SMILES string of the molecule is CCCCCCCCCCCCCC/C=C\CCCCCCCCCCCCCCCCCCC(=O)NC(COC1OC(CO)C(O)C(OS(=O)(=O)O)C1O)C(O)/C=C/CCCCCCCCCCCCCCCCCCC. The van der Waals surface area contributed by atoms with E-state index in [1.807, 2.05) is 6.08 Å². The molecule has 6 N–H and O–H groups in total. The summed E-state index contributed by atoms with van der Waals surface area (Å²) in [4.78, 5) is 13.2. The molecule has 1 rings (SSSR count). The van der Waals surface area contributed by atoms with Crippen molar-refractivity contribution in [2.75, 3.05) is 13.2 Å². The van der Waals surface area contributed by atoms with E-state index in [9.17, 15) is 38.2 Å². The summed E-state index contributed by atoms with van der Waals surface area (Å²) in [7, 11) is -5.09. The fourth-order valence-electron chi connectivity index (χ4n) is 10.9. The van der Waals surface area contributed by atoms with Crippen LogP contribution in [0.5, 0.6) is 0 Å². The smallest absolute Gasteiger partial charge is 0.394 e. The number of hydrogen-bond acceptors (Lipinski definition) is 10. The first-order chi connectivity index (χ1) is 38.0. The number of aliphatic hydroxyl groups is 4. The Morgan fingerprint density at radius 1 is 0.500 bits per heavy atom. The molecule has 0 aliphatic carbocycles. The molecule has 0 spiro atoms. The average Bonchev–Trinajstić information content (AvgIpc) is 3.42. The van der Waals surface area contributed by atoms with Crippen molar-refractivity contribution in [2.45, 2.75) is 371 Å². The van der Waals surface area contributed by atoms with Gasteiger partial charge in [-0.05, 0) is 44.9 Å². The minimum atomic E-state index is -5.09.